The molecule has 0 amide bonds. The molecule has 0 fully saturated rings. The van der Waals surface area contributed by atoms with Crippen LogP contribution in [0, 0.1) is 13.8 Å². The fraction of sp³-hybridized carbons (Fsp3) is 0.429. The lowest BCUT2D eigenvalue weighted by Gasteiger charge is -2.15. The lowest BCUT2D eigenvalue weighted by atomic mass is 10.1. The average molecular weight is 423 g/mol. The van der Waals surface area contributed by atoms with Crippen LogP contribution >= 0.6 is 54.5 Å². The van der Waals surface area contributed by atoms with Crippen molar-refractivity contribution in [3.05, 3.63) is 40.6 Å². The van der Waals surface area contributed by atoms with Crippen LogP contribution in [0.3, 0.4) is 0 Å². The van der Waals surface area contributed by atoms with Gasteiger partial charge in [0.25, 0.3) is 0 Å². The highest BCUT2D eigenvalue weighted by molar-refractivity contribution is 9.11. The Labute approximate surface area is 139 Å². The van der Waals surface area contributed by atoms with Crippen LogP contribution in [0.2, 0.25) is 0 Å². The molecule has 0 atom stereocenters. The summed E-state index contributed by atoms with van der Waals surface area (Å²) in [6.07, 6.45) is 1.15. The van der Waals surface area contributed by atoms with E-state index in [2.05, 4.69) is 70.1 Å². The average Bonchev–Trinajstić information content (AvgIpc) is 2.85. The molecule has 2 aromatic heterocycles. The number of halogens is 2. The van der Waals surface area contributed by atoms with Gasteiger partial charge in [0.2, 0.25) is 0 Å². The highest BCUT2D eigenvalue weighted by atomic mass is 79.9. The second kappa shape index (κ2) is 6.85. The number of nitrogens with one attached hydrogen (secondary N) is 1. The second-order valence-electron chi connectivity index (χ2n) is 4.60. The van der Waals surface area contributed by atoms with E-state index in [9.17, 15) is 0 Å². The minimum atomic E-state index is 0.310. The molecule has 0 aromatic carbocycles. The van der Waals surface area contributed by atoms with E-state index < -0.39 is 0 Å². The van der Waals surface area contributed by atoms with E-state index in [1.807, 2.05) is 22.7 Å². The number of hydrogen-bond acceptors (Lipinski definition) is 3. The maximum atomic E-state index is 3.66. The van der Waals surface area contributed by atoms with E-state index in [1.165, 1.54) is 28.5 Å². The summed E-state index contributed by atoms with van der Waals surface area (Å²) >= 11 is 10.9. The van der Waals surface area contributed by atoms with Gasteiger partial charge in [0.15, 0.2) is 0 Å². The van der Waals surface area contributed by atoms with E-state index in [0.29, 0.717) is 6.04 Å². The van der Waals surface area contributed by atoms with Crippen molar-refractivity contribution in [2.75, 3.05) is 6.54 Å². The van der Waals surface area contributed by atoms with Crippen LogP contribution in [0.25, 0.3) is 0 Å². The van der Waals surface area contributed by atoms with Crippen molar-refractivity contribution in [2.45, 2.75) is 33.2 Å². The van der Waals surface area contributed by atoms with Gasteiger partial charge in [0.05, 0.1) is 13.6 Å². The van der Waals surface area contributed by atoms with Crippen molar-refractivity contribution >= 4 is 54.5 Å². The van der Waals surface area contributed by atoms with Crippen molar-refractivity contribution in [3.63, 3.8) is 0 Å². The van der Waals surface area contributed by atoms with Crippen LogP contribution in [0.5, 0.6) is 0 Å². The zero-order valence-electron chi connectivity index (χ0n) is 11.2. The molecule has 0 radical (unpaired) electrons. The summed E-state index contributed by atoms with van der Waals surface area (Å²) in [5, 5.41) is 3.66. The Morgan fingerprint density at radius 2 is 1.53 bits per heavy atom. The van der Waals surface area contributed by atoms with Gasteiger partial charge in [-0.2, -0.15) is 0 Å². The summed E-state index contributed by atoms with van der Waals surface area (Å²) in [5.74, 6) is 0. The molecule has 0 aliphatic rings. The Morgan fingerprint density at radius 3 is 1.84 bits per heavy atom. The predicted molar refractivity (Wildman–Crippen MR) is 93.6 cm³/mol. The van der Waals surface area contributed by atoms with Crippen LogP contribution in [-0.4, -0.2) is 6.54 Å². The third kappa shape index (κ3) is 3.70. The standard InChI is InChI=1S/C14H17Br2NS2/c1-4-5-17-12(10-6-8(2)13(15)18-10)11-7-9(3)14(16)19-11/h6-7,12,17H,4-5H2,1-3H3. The third-order valence-electron chi connectivity index (χ3n) is 2.92. The van der Waals surface area contributed by atoms with Gasteiger partial charge in [-0.15, -0.1) is 22.7 Å². The lowest BCUT2D eigenvalue weighted by Crippen LogP contribution is -2.21. The molecule has 5 heteroatoms. The Bertz CT molecular complexity index is 475. The summed E-state index contributed by atoms with van der Waals surface area (Å²) in [6, 6.07) is 4.88. The highest BCUT2D eigenvalue weighted by Gasteiger charge is 2.19. The van der Waals surface area contributed by atoms with Gasteiger partial charge in [-0.25, -0.2) is 0 Å². The van der Waals surface area contributed by atoms with Crippen molar-refractivity contribution in [2.24, 2.45) is 0 Å². The summed E-state index contributed by atoms with van der Waals surface area (Å²) in [6.45, 7) is 7.54. The van der Waals surface area contributed by atoms with Gasteiger partial charge in [-0.1, -0.05) is 6.92 Å². The third-order valence-corrected chi connectivity index (χ3v) is 7.32. The monoisotopic (exact) mass is 421 g/mol. The van der Waals surface area contributed by atoms with Crippen LogP contribution in [0.1, 0.15) is 40.3 Å². The molecule has 0 aliphatic carbocycles. The summed E-state index contributed by atoms with van der Waals surface area (Å²) < 4.78 is 2.47. The number of thiophene rings is 2. The molecule has 0 saturated heterocycles. The minimum absolute atomic E-state index is 0.310. The van der Waals surface area contributed by atoms with Gasteiger partial charge in [0.1, 0.15) is 0 Å². The molecule has 0 spiro atoms. The smallest absolute Gasteiger partial charge is 0.0765 e. The van der Waals surface area contributed by atoms with Crippen molar-refractivity contribution < 1.29 is 0 Å². The van der Waals surface area contributed by atoms with Gasteiger partial charge in [-0.05, 0) is 81.9 Å². The first-order chi connectivity index (χ1) is 9.02. The fourth-order valence-electron chi connectivity index (χ4n) is 1.88. The topological polar surface area (TPSA) is 12.0 Å². The molecular formula is C14H17Br2NS2. The highest BCUT2D eigenvalue weighted by Crippen LogP contribution is 2.39. The molecule has 1 nitrogen and oxygen atoms in total. The van der Waals surface area contributed by atoms with Crippen LogP contribution < -0.4 is 5.32 Å². The van der Waals surface area contributed by atoms with Crippen LogP contribution in [-0.2, 0) is 0 Å². The molecule has 2 aromatic rings. The first kappa shape index (κ1) is 15.7. The lowest BCUT2D eigenvalue weighted by molar-refractivity contribution is 0.613. The molecule has 19 heavy (non-hydrogen) atoms. The fourth-order valence-corrected chi connectivity index (χ4v) is 5.29. The molecule has 1 N–H and O–H groups in total. The maximum absolute atomic E-state index is 3.66. The molecule has 0 aliphatic heterocycles. The number of aryl methyl sites for hydroxylation is 2. The molecular weight excluding hydrogens is 406 g/mol. The molecule has 2 rings (SSSR count). The zero-order chi connectivity index (χ0) is 14.0. The molecule has 104 valence electrons. The predicted octanol–water partition coefficient (Wildman–Crippen LogP) is 6.04. The normalized spacial score (nSPS) is 11.5. The van der Waals surface area contributed by atoms with Gasteiger partial charge in [-0.3, -0.25) is 0 Å². The summed E-state index contributed by atoms with van der Waals surface area (Å²) in [5.41, 5.74) is 2.63. The quantitative estimate of drug-likeness (QED) is 0.619. The SMILES string of the molecule is CCCNC(c1cc(C)c(Br)s1)c1cc(C)c(Br)s1. The molecule has 0 saturated carbocycles. The van der Waals surface area contributed by atoms with E-state index in [0.717, 1.165) is 13.0 Å². The van der Waals surface area contributed by atoms with E-state index in [4.69, 9.17) is 0 Å². The first-order valence-corrected chi connectivity index (χ1v) is 9.49. The summed E-state index contributed by atoms with van der Waals surface area (Å²) in [7, 11) is 0. The molecule has 0 unspecified atom stereocenters. The van der Waals surface area contributed by atoms with Crippen LogP contribution in [0.15, 0.2) is 19.7 Å². The van der Waals surface area contributed by atoms with Gasteiger partial charge >= 0.3 is 0 Å². The maximum Gasteiger partial charge on any atom is 0.0765 e. The number of rotatable bonds is 5. The Hall–Kier alpha value is 0.320. The second-order valence-corrected chi connectivity index (χ2v) is 9.40. The van der Waals surface area contributed by atoms with Crippen LogP contribution in [0.4, 0.5) is 0 Å². The first-order valence-electron chi connectivity index (χ1n) is 6.28. The van der Waals surface area contributed by atoms with E-state index in [-0.39, 0.29) is 0 Å². The number of hydrogen-bond donors (Lipinski definition) is 1. The van der Waals surface area contributed by atoms with Crippen molar-refractivity contribution in [3.8, 4) is 0 Å². The molecule has 2 heterocycles. The minimum Gasteiger partial charge on any atom is -0.305 e. The van der Waals surface area contributed by atoms with E-state index in [1.54, 1.807) is 0 Å². The molecule has 0 bridgehead atoms. The Kier molecular flexibility index (Phi) is 5.66. The van der Waals surface area contributed by atoms with Crippen molar-refractivity contribution in [1.29, 1.82) is 0 Å². The van der Waals surface area contributed by atoms with E-state index >= 15 is 0 Å². The van der Waals surface area contributed by atoms with Crippen molar-refractivity contribution in [1.82, 2.24) is 5.32 Å². The van der Waals surface area contributed by atoms with Gasteiger partial charge < -0.3 is 5.32 Å². The Morgan fingerprint density at radius 1 is 1.05 bits per heavy atom. The zero-order valence-corrected chi connectivity index (χ0v) is 16.0. The van der Waals surface area contributed by atoms with Gasteiger partial charge in [0, 0.05) is 9.75 Å². The summed E-state index contributed by atoms with van der Waals surface area (Å²) in [4.78, 5) is 2.76. The Balaban J connectivity index is 2.34. The largest absolute Gasteiger partial charge is 0.305 e.